The fourth-order valence-electron chi connectivity index (χ4n) is 2.78. The summed E-state index contributed by atoms with van der Waals surface area (Å²) in [7, 11) is 1.59. The van der Waals surface area contributed by atoms with E-state index >= 15 is 0 Å². The van der Waals surface area contributed by atoms with Gasteiger partial charge in [-0.2, -0.15) is 9.36 Å². The maximum atomic E-state index is 12.2. The van der Waals surface area contributed by atoms with Crippen LogP contribution >= 0.6 is 0 Å². The Balaban J connectivity index is 1.75. The summed E-state index contributed by atoms with van der Waals surface area (Å²) in [5.41, 5.74) is 2.65. The first-order chi connectivity index (χ1) is 11.7. The largest absolute Gasteiger partial charge is 0.487 e. The van der Waals surface area contributed by atoms with Gasteiger partial charge in [0.15, 0.2) is 0 Å². The van der Waals surface area contributed by atoms with Gasteiger partial charge < -0.3 is 4.74 Å². The van der Waals surface area contributed by atoms with E-state index in [9.17, 15) is 4.79 Å². The fraction of sp³-hybridized carbons (Fsp3) is 0.294. The first kappa shape index (κ1) is 14.6. The predicted molar refractivity (Wildman–Crippen MR) is 87.1 cm³/mol. The van der Waals surface area contributed by atoms with Crippen LogP contribution in [0.15, 0.2) is 47.5 Å². The predicted octanol–water partition coefficient (Wildman–Crippen LogP) is 1.82. The topological polar surface area (TPSA) is 74.8 Å². The Kier molecular flexibility index (Phi) is 3.60. The zero-order valence-corrected chi connectivity index (χ0v) is 13.3. The molecule has 0 spiro atoms. The number of nitrogens with zero attached hydrogens (tertiary/aromatic N) is 5. The number of aryl methyl sites for hydroxylation is 1. The van der Waals surface area contributed by atoms with E-state index < -0.39 is 0 Å². The molecule has 0 bridgehead atoms. The summed E-state index contributed by atoms with van der Waals surface area (Å²) in [6.07, 6.45) is 5.71. The maximum Gasteiger partial charge on any atom is 0.368 e. The Labute approximate surface area is 138 Å². The van der Waals surface area contributed by atoms with E-state index in [4.69, 9.17) is 4.74 Å². The van der Waals surface area contributed by atoms with Gasteiger partial charge in [-0.3, -0.25) is 4.98 Å². The molecular formula is C17H17N5O2. The van der Waals surface area contributed by atoms with Crippen LogP contribution in [0, 0.1) is 0 Å². The van der Waals surface area contributed by atoms with Gasteiger partial charge in [0.05, 0.1) is 11.9 Å². The van der Waals surface area contributed by atoms with Crippen LogP contribution in [0.25, 0.3) is 5.69 Å². The van der Waals surface area contributed by atoms with Crippen molar-refractivity contribution in [1.29, 1.82) is 0 Å². The molecular weight excluding hydrogens is 306 g/mol. The Bertz CT molecular complexity index is 912. The summed E-state index contributed by atoms with van der Waals surface area (Å²) in [4.78, 5) is 16.3. The van der Waals surface area contributed by atoms with Crippen molar-refractivity contribution in [3.8, 4) is 11.4 Å². The van der Waals surface area contributed by atoms with Crippen molar-refractivity contribution < 1.29 is 4.74 Å². The van der Waals surface area contributed by atoms with Crippen LogP contribution < -0.4 is 10.4 Å². The number of pyridine rings is 1. The highest BCUT2D eigenvalue weighted by molar-refractivity contribution is 5.47. The van der Waals surface area contributed by atoms with Gasteiger partial charge in [-0.1, -0.05) is 12.1 Å². The molecule has 7 heteroatoms. The fourth-order valence-corrected chi connectivity index (χ4v) is 2.78. The van der Waals surface area contributed by atoms with Gasteiger partial charge in [-0.25, -0.2) is 4.79 Å². The molecule has 1 aliphatic rings. The molecule has 1 saturated carbocycles. The van der Waals surface area contributed by atoms with Crippen LogP contribution in [-0.2, 0) is 13.7 Å². The SMILES string of the molecule is Cn1nnn(-c2cccc(C3CC3)c2COc2cccnc2)c1=O. The van der Waals surface area contributed by atoms with Crippen molar-refractivity contribution in [3.63, 3.8) is 0 Å². The van der Waals surface area contributed by atoms with Gasteiger partial charge in [0.2, 0.25) is 0 Å². The molecule has 0 N–H and O–H groups in total. The highest BCUT2D eigenvalue weighted by atomic mass is 16.5. The lowest BCUT2D eigenvalue weighted by molar-refractivity contribution is 0.303. The average Bonchev–Trinajstić information content (AvgIpc) is 3.41. The van der Waals surface area contributed by atoms with Gasteiger partial charge in [0.1, 0.15) is 12.4 Å². The Morgan fingerprint density at radius 3 is 2.75 bits per heavy atom. The normalized spacial score (nSPS) is 13.9. The second-order valence-corrected chi connectivity index (χ2v) is 5.89. The summed E-state index contributed by atoms with van der Waals surface area (Å²) in [6, 6.07) is 9.63. The smallest absolute Gasteiger partial charge is 0.368 e. The van der Waals surface area contributed by atoms with Crippen LogP contribution in [0.2, 0.25) is 0 Å². The number of benzene rings is 1. The second kappa shape index (κ2) is 5.92. The molecule has 122 valence electrons. The molecule has 7 nitrogen and oxygen atoms in total. The van der Waals surface area contributed by atoms with E-state index in [0.29, 0.717) is 18.3 Å². The Hall–Kier alpha value is -2.96. The minimum atomic E-state index is -0.273. The van der Waals surface area contributed by atoms with E-state index in [0.717, 1.165) is 11.3 Å². The number of aromatic nitrogens is 5. The summed E-state index contributed by atoms with van der Waals surface area (Å²) in [5.74, 6) is 1.23. The zero-order chi connectivity index (χ0) is 16.5. The number of tetrazole rings is 1. The molecule has 1 aliphatic carbocycles. The van der Waals surface area contributed by atoms with Crippen molar-refractivity contribution in [2.75, 3.05) is 0 Å². The molecule has 24 heavy (non-hydrogen) atoms. The summed E-state index contributed by atoms with van der Waals surface area (Å²) in [6.45, 7) is 0.358. The van der Waals surface area contributed by atoms with E-state index in [-0.39, 0.29) is 5.69 Å². The van der Waals surface area contributed by atoms with Crippen LogP contribution in [0.5, 0.6) is 5.75 Å². The number of hydrogen-bond acceptors (Lipinski definition) is 5. The minimum absolute atomic E-state index is 0.273. The van der Waals surface area contributed by atoms with Crippen molar-refractivity contribution in [1.82, 2.24) is 24.8 Å². The summed E-state index contributed by atoms with van der Waals surface area (Å²) < 4.78 is 8.43. The standard InChI is InChI=1S/C17H17N5O2/c1-21-17(23)22(20-19-21)16-6-2-5-14(12-7-8-12)15(16)11-24-13-4-3-9-18-10-13/h2-6,9-10,12H,7-8,11H2,1H3. The lowest BCUT2D eigenvalue weighted by Gasteiger charge is -2.14. The zero-order valence-electron chi connectivity index (χ0n) is 13.3. The van der Waals surface area contributed by atoms with Crippen LogP contribution in [-0.4, -0.2) is 24.8 Å². The first-order valence-electron chi connectivity index (χ1n) is 7.88. The molecule has 1 aromatic carbocycles. The lowest BCUT2D eigenvalue weighted by atomic mass is 10.0. The Morgan fingerprint density at radius 1 is 1.21 bits per heavy atom. The molecule has 0 atom stereocenters. The van der Waals surface area contributed by atoms with Crippen LogP contribution in [0.3, 0.4) is 0 Å². The lowest BCUT2D eigenvalue weighted by Crippen LogP contribution is -2.23. The molecule has 4 rings (SSSR count). The first-order valence-corrected chi connectivity index (χ1v) is 7.88. The van der Waals surface area contributed by atoms with Crippen molar-refractivity contribution in [3.05, 3.63) is 64.3 Å². The van der Waals surface area contributed by atoms with Crippen molar-refractivity contribution in [2.45, 2.75) is 25.4 Å². The van der Waals surface area contributed by atoms with Gasteiger partial charge >= 0.3 is 5.69 Å². The third-order valence-corrected chi connectivity index (χ3v) is 4.17. The second-order valence-electron chi connectivity index (χ2n) is 5.89. The number of hydrogen-bond donors (Lipinski definition) is 0. The molecule has 0 unspecified atom stereocenters. The Morgan fingerprint density at radius 2 is 2.08 bits per heavy atom. The van der Waals surface area contributed by atoms with Crippen LogP contribution in [0.1, 0.15) is 29.9 Å². The van der Waals surface area contributed by atoms with Crippen LogP contribution in [0.4, 0.5) is 0 Å². The maximum absolute atomic E-state index is 12.2. The monoisotopic (exact) mass is 323 g/mol. The summed E-state index contributed by atoms with van der Waals surface area (Å²) >= 11 is 0. The number of ether oxygens (including phenoxy) is 1. The van der Waals surface area contributed by atoms with Crippen molar-refractivity contribution >= 4 is 0 Å². The van der Waals surface area contributed by atoms with E-state index in [2.05, 4.69) is 21.5 Å². The van der Waals surface area contributed by atoms with Gasteiger partial charge in [-0.05, 0) is 52.9 Å². The van der Waals surface area contributed by atoms with Gasteiger partial charge in [0, 0.05) is 18.8 Å². The van der Waals surface area contributed by atoms with Gasteiger partial charge in [0.25, 0.3) is 0 Å². The molecule has 2 aromatic heterocycles. The molecule has 3 aromatic rings. The highest BCUT2D eigenvalue weighted by Gasteiger charge is 2.28. The van der Waals surface area contributed by atoms with E-state index in [1.165, 1.54) is 27.8 Å². The molecule has 2 heterocycles. The minimum Gasteiger partial charge on any atom is -0.487 e. The summed E-state index contributed by atoms with van der Waals surface area (Å²) in [5, 5.41) is 7.78. The quantitative estimate of drug-likeness (QED) is 0.716. The molecule has 0 radical (unpaired) electrons. The third kappa shape index (κ3) is 2.68. The van der Waals surface area contributed by atoms with Crippen molar-refractivity contribution in [2.24, 2.45) is 7.05 Å². The highest BCUT2D eigenvalue weighted by Crippen LogP contribution is 2.42. The molecule has 1 fully saturated rings. The van der Waals surface area contributed by atoms with E-state index in [1.807, 2.05) is 24.3 Å². The third-order valence-electron chi connectivity index (χ3n) is 4.17. The molecule has 0 saturated heterocycles. The molecule has 0 amide bonds. The van der Waals surface area contributed by atoms with Gasteiger partial charge in [-0.15, -0.1) is 0 Å². The molecule has 0 aliphatic heterocycles. The number of rotatable bonds is 5. The average molecular weight is 323 g/mol. The van der Waals surface area contributed by atoms with E-state index in [1.54, 1.807) is 19.4 Å².